The molecule has 0 heterocycles. The van der Waals surface area contributed by atoms with Gasteiger partial charge in [0, 0.05) is 22.6 Å². The van der Waals surface area contributed by atoms with E-state index in [4.69, 9.17) is 4.74 Å². The van der Waals surface area contributed by atoms with E-state index in [1.807, 2.05) is 22.6 Å². The lowest BCUT2D eigenvalue weighted by atomic mass is 10.1. The van der Waals surface area contributed by atoms with Gasteiger partial charge in [0.15, 0.2) is 6.61 Å². The van der Waals surface area contributed by atoms with Gasteiger partial charge in [0.05, 0.1) is 6.42 Å². The highest BCUT2D eigenvalue weighted by Gasteiger charge is 2.03. The van der Waals surface area contributed by atoms with Crippen LogP contribution in [0.15, 0.2) is 24.3 Å². The fraction of sp³-hybridized carbons (Fsp3) is 0.182. The molecule has 1 aromatic carbocycles. The van der Waals surface area contributed by atoms with Gasteiger partial charge in [-0.05, 0) is 21.6 Å². The monoisotopic (exact) mass is 318 g/mol. The standard InChI is InChI=1S/C11H8FIO2/c12-10-4-2-9(3-5-10)8-11(14)15-7-1-6-13/h2-5H,7-8H2. The Kier molecular flexibility index (Phi) is 5.12. The van der Waals surface area contributed by atoms with E-state index in [0.29, 0.717) is 0 Å². The van der Waals surface area contributed by atoms with Crippen molar-refractivity contribution in [2.45, 2.75) is 6.42 Å². The molecule has 0 aromatic heterocycles. The second-order valence-corrected chi connectivity index (χ2v) is 3.27. The minimum atomic E-state index is -0.360. The van der Waals surface area contributed by atoms with Gasteiger partial charge in [-0.25, -0.2) is 4.39 Å². The van der Waals surface area contributed by atoms with E-state index in [9.17, 15) is 9.18 Å². The summed E-state index contributed by atoms with van der Waals surface area (Å²) in [7, 11) is 0. The molecule has 1 rings (SSSR count). The maximum Gasteiger partial charge on any atom is 0.311 e. The van der Waals surface area contributed by atoms with Crippen LogP contribution in [0.4, 0.5) is 4.39 Å². The molecule has 0 unspecified atom stereocenters. The van der Waals surface area contributed by atoms with Gasteiger partial charge in [0.2, 0.25) is 0 Å². The van der Waals surface area contributed by atoms with Crippen LogP contribution in [0.25, 0.3) is 0 Å². The quantitative estimate of drug-likeness (QED) is 0.486. The third kappa shape index (κ3) is 4.79. The average Bonchev–Trinajstić information content (AvgIpc) is 2.22. The minimum Gasteiger partial charge on any atom is -0.452 e. The fourth-order valence-corrected chi connectivity index (χ4v) is 1.12. The van der Waals surface area contributed by atoms with Crippen molar-refractivity contribution in [1.29, 1.82) is 0 Å². The zero-order chi connectivity index (χ0) is 11.1. The molecule has 4 heteroatoms. The van der Waals surface area contributed by atoms with Gasteiger partial charge < -0.3 is 4.74 Å². The van der Waals surface area contributed by atoms with Crippen molar-refractivity contribution in [2.24, 2.45) is 0 Å². The lowest BCUT2D eigenvalue weighted by Crippen LogP contribution is -2.08. The number of ether oxygens (including phenoxy) is 1. The Bertz CT molecular complexity index is 389. The van der Waals surface area contributed by atoms with Gasteiger partial charge in [0.1, 0.15) is 5.82 Å². The highest BCUT2D eigenvalue weighted by Crippen LogP contribution is 2.04. The van der Waals surface area contributed by atoms with Gasteiger partial charge in [-0.3, -0.25) is 4.79 Å². The molecule has 78 valence electrons. The molecule has 0 saturated carbocycles. The summed E-state index contributed by atoms with van der Waals surface area (Å²) < 4.78 is 19.9. The third-order valence-electron chi connectivity index (χ3n) is 1.63. The number of esters is 1. The third-order valence-corrected chi connectivity index (χ3v) is 2.02. The smallest absolute Gasteiger partial charge is 0.311 e. The van der Waals surface area contributed by atoms with Gasteiger partial charge in [-0.2, -0.15) is 0 Å². The molecule has 0 aliphatic heterocycles. The van der Waals surface area contributed by atoms with E-state index in [2.05, 4.69) is 9.85 Å². The van der Waals surface area contributed by atoms with Crippen LogP contribution < -0.4 is 0 Å². The maximum atomic E-state index is 12.5. The van der Waals surface area contributed by atoms with Gasteiger partial charge >= 0.3 is 5.97 Å². The van der Waals surface area contributed by atoms with Crippen LogP contribution in [0.2, 0.25) is 0 Å². The van der Waals surface area contributed by atoms with Crippen LogP contribution in [0, 0.1) is 15.7 Å². The Morgan fingerprint density at radius 1 is 1.40 bits per heavy atom. The summed E-state index contributed by atoms with van der Waals surface area (Å²) in [5.41, 5.74) is 0.726. The molecule has 0 aliphatic rings. The molecule has 0 spiro atoms. The van der Waals surface area contributed by atoms with E-state index in [1.54, 1.807) is 12.1 Å². The summed E-state index contributed by atoms with van der Waals surface area (Å²) in [5, 5.41) is 0. The van der Waals surface area contributed by atoms with Crippen molar-refractivity contribution in [3.8, 4) is 9.85 Å². The Hall–Kier alpha value is -1.09. The fourth-order valence-electron chi connectivity index (χ4n) is 0.964. The van der Waals surface area contributed by atoms with Crippen LogP contribution in [0.3, 0.4) is 0 Å². The van der Waals surface area contributed by atoms with E-state index in [1.165, 1.54) is 12.1 Å². The predicted octanol–water partition coefficient (Wildman–Crippen LogP) is 2.31. The first-order chi connectivity index (χ1) is 7.22. The van der Waals surface area contributed by atoms with Crippen LogP contribution >= 0.6 is 22.6 Å². The van der Waals surface area contributed by atoms with Crippen LogP contribution in [0.5, 0.6) is 0 Å². The molecule has 0 aliphatic carbocycles. The van der Waals surface area contributed by atoms with Crippen LogP contribution in [0.1, 0.15) is 5.56 Å². The van der Waals surface area contributed by atoms with Crippen molar-refractivity contribution in [2.75, 3.05) is 6.61 Å². The van der Waals surface area contributed by atoms with Crippen LogP contribution in [-0.4, -0.2) is 12.6 Å². The summed E-state index contributed by atoms with van der Waals surface area (Å²) in [5.74, 6) is 1.93. The Balaban J connectivity index is 2.43. The van der Waals surface area contributed by atoms with Crippen molar-refractivity contribution in [1.82, 2.24) is 0 Å². The lowest BCUT2D eigenvalue weighted by Gasteiger charge is -2.00. The van der Waals surface area contributed by atoms with Crippen LogP contribution in [-0.2, 0) is 16.0 Å². The lowest BCUT2D eigenvalue weighted by molar-refractivity contribution is -0.141. The molecule has 0 amide bonds. The Morgan fingerprint density at radius 2 is 2.07 bits per heavy atom. The van der Waals surface area contributed by atoms with Gasteiger partial charge in [-0.1, -0.05) is 18.1 Å². The zero-order valence-electron chi connectivity index (χ0n) is 7.80. The molecule has 0 fully saturated rings. The minimum absolute atomic E-state index is 0.100. The highest BCUT2D eigenvalue weighted by atomic mass is 127. The summed E-state index contributed by atoms with van der Waals surface area (Å²) >= 11 is 1.87. The molecular weight excluding hydrogens is 310 g/mol. The number of carbonyl (C=O) groups is 1. The summed E-state index contributed by atoms with van der Waals surface area (Å²) in [6.45, 7) is 0.100. The molecule has 2 nitrogen and oxygen atoms in total. The van der Waals surface area contributed by atoms with E-state index < -0.39 is 0 Å². The number of hydrogen-bond donors (Lipinski definition) is 0. The first-order valence-corrected chi connectivity index (χ1v) is 5.29. The summed E-state index contributed by atoms with van der Waals surface area (Å²) in [4.78, 5) is 11.2. The number of rotatable bonds is 3. The van der Waals surface area contributed by atoms with Crippen molar-refractivity contribution >= 4 is 28.6 Å². The zero-order valence-corrected chi connectivity index (χ0v) is 9.95. The second kappa shape index (κ2) is 6.40. The molecule has 0 bridgehead atoms. The molecule has 0 saturated heterocycles. The Morgan fingerprint density at radius 3 is 2.67 bits per heavy atom. The van der Waals surface area contributed by atoms with E-state index in [0.717, 1.165) is 5.56 Å². The first kappa shape index (κ1) is 12.0. The normalized spacial score (nSPS) is 8.93. The number of halogens is 2. The van der Waals surface area contributed by atoms with Gasteiger partial charge in [0.25, 0.3) is 0 Å². The van der Waals surface area contributed by atoms with E-state index in [-0.39, 0.29) is 24.8 Å². The second-order valence-electron chi connectivity index (χ2n) is 2.74. The maximum absolute atomic E-state index is 12.5. The Labute approximate surface area is 101 Å². The summed E-state index contributed by atoms with van der Waals surface area (Å²) in [6, 6.07) is 5.74. The molecule has 0 radical (unpaired) electrons. The number of carbonyl (C=O) groups excluding carboxylic acids is 1. The molecule has 0 atom stereocenters. The SMILES string of the molecule is O=C(Cc1ccc(F)cc1)OCC#CI. The van der Waals surface area contributed by atoms with Gasteiger partial charge in [-0.15, -0.1) is 0 Å². The van der Waals surface area contributed by atoms with Crippen molar-refractivity contribution in [3.63, 3.8) is 0 Å². The molecule has 15 heavy (non-hydrogen) atoms. The number of benzene rings is 1. The van der Waals surface area contributed by atoms with E-state index >= 15 is 0 Å². The molecular formula is C11H8FIO2. The largest absolute Gasteiger partial charge is 0.452 e. The highest BCUT2D eigenvalue weighted by molar-refractivity contribution is 14.1. The first-order valence-electron chi connectivity index (χ1n) is 4.21. The molecule has 1 aromatic rings. The topological polar surface area (TPSA) is 26.3 Å². The predicted molar refractivity (Wildman–Crippen MR) is 62.9 cm³/mol. The molecule has 0 N–H and O–H groups in total. The van der Waals surface area contributed by atoms with Crippen molar-refractivity contribution in [3.05, 3.63) is 35.6 Å². The number of hydrogen-bond acceptors (Lipinski definition) is 2. The average molecular weight is 318 g/mol. The van der Waals surface area contributed by atoms with Crippen molar-refractivity contribution < 1.29 is 13.9 Å². The summed E-state index contributed by atoms with van der Waals surface area (Å²) in [6.07, 6.45) is 0.142.